The van der Waals surface area contributed by atoms with E-state index in [1.54, 1.807) is 26.0 Å². The topological polar surface area (TPSA) is 96.7 Å². The molecule has 0 amide bonds. The van der Waals surface area contributed by atoms with Crippen LogP contribution >= 0.6 is 8.03 Å². The Morgan fingerprint density at radius 2 is 1.74 bits per heavy atom. The summed E-state index contributed by atoms with van der Waals surface area (Å²) in [6.45, 7) is 6.98. The number of ether oxygens (including phenoxy) is 1. The molecule has 0 radical (unpaired) electrons. The number of hydrogen-bond acceptors (Lipinski definition) is 5. The van der Waals surface area contributed by atoms with Crippen molar-refractivity contribution in [1.82, 2.24) is 4.98 Å². The molecule has 1 heterocycles. The molecule has 2 N–H and O–H groups in total. The van der Waals surface area contributed by atoms with Gasteiger partial charge in [-0.15, -0.1) is 0 Å². The SMILES string of the molecule is C=COC(=O)C(c1ccc(F)cc1)([PH](=O)O)C(O)(CC(C)C)c1ccc(-c2ccccc2)nc1. The number of carbonyl (C=O) groups is 1. The molecule has 0 saturated heterocycles. The lowest BCUT2D eigenvalue weighted by Gasteiger charge is -2.44. The van der Waals surface area contributed by atoms with Crippen LogP contribution in [0.15, 0.2) is 85.8 Å². The van der Waals surface area contributed by atoms with Crippen molar-refractivity contribution in [2.24, 2.45) is 5.92 Å². The Hall–Kier alpha value is -3.12. The second kappa shape index (κ2) is 10.4. The van der Waals surface area contributed by atoms with Crippen molar-refractivity contribution < 1.29 is 28.5 Å². The third-order valence-electron chi connectivity index (χ3n) is 5.73. The van der Waals surface area contributed by atoms with Gasteiger partial charge in [0, 0.05) is 17.3 Å². The number of hydrogen-bond donors (Lipinski definition) is 2. The molecule has 34 heavy (non-hydrogen) atoms. The van der Waals surface area contributed by atoms with Gasteiger partial charge in [-0.25, -0.2) is 9.18 Å². The highest BCUT2D eigenvalue weighted by Gasteiger charge is 2.63. The van der Waals surface area contributed by atoms with E-state index >= 15 is 0 Å². The highest BCUT2D eigenvalue weighted by atomic mass is 31.1. The first kappa shape index (κ1) is 25.5. The maximum atomic E-state index is 13.7. The Morgan fingerprint density at radius 3 is 2.24 bits per heavy atom. The largest absolute Gasteiger partial charge is 0.434 e. The summed E-state index contributed by atoms with van der Waals surface area (Å²) in [6.07, 6.45) is 2.13. The van der Waals surface area contributed by atoms with Gasteiger partial charge in [-0.3, -0.25) is 9.55 Å². The molecule has 0 aliphatic heterocycles. The molecule has 0 fully saturated rings. The van der Waals surface area contributed by atoms with Crippen LogP contribution in [0.3, 0.4) is 0 Å². The zero-order chi connectivity index (χ0) is 24.9. The van der Waals surface area contributed by atoms with Gasteiger partial charge in [-0.1, -0.05) is 69.0 Å². The zero-order valence-electron chi connectivity index (χ0n) is 18.9. The molecule has 178 valence electrons. The molecular formula is C26H27FNO5P. The fraction of sp³-hybridized carbons (Fsp3) is 0.231. The Kier molecular flexibility index (Phi) is 7.82. The van der Waals surface area contributed by atoms with Crippen LogP contribution < -0.4 is 0 Å². The summed E-state index contributed by atoms with van der Waals surface area (Å²) >= 11 is 0. The number of esters is 1. The van der Waals surface area contributed by atoms with Gasteiger partial charge in [0.1, 0.15) is 11.4 Å². The van der Waals surface area contributed by atoms with Gasteiger partial charge in [-0.2, -0.15) is 0 Å². The monoisotopic (exact) mass is 483 g/mol. The molecule has 0 aliphatic rings. The fourth-order valence-electron chi connectivity index (χ4n) is 4.27. The number of aliphatic hydroxyl groups is 1. The minimum absolute atomic E-state index is 0.0533. The van der Waals surface area contributed by atoms with Crippen molar-refractivity contribution in [3.05, 3.63) is 103 Å². The maximum absolute atomic E-state index is 13.7. The van der Waals surface area contributed by atoms with E-state index in [1.165, 1.54) is 18.3 Å². The Bertz CT molecular complexity index is 1170. The minimum atomic E-state index is -3.90. The molecule has 3 rings (SSSR count). The van der Waals surface area contributed by atoms with Gasteiger partial charge in [0.25, 0.3) is 0 Å². The molecule has 0 saturated carbocycles. The van der Waals surface area contributed by atoms with Crippen LogP contribution in [0.4, 0.5) is 4.39 Å². The quantitative estimate of drug-likeness (QED) is 0.248. The van der Waals surface area contributed by atoms with Crippen LogP contribution in [-0.4, -0.2) is 21.0 Å². The number of aromatic nitrogens is 1. The lowest BCUT2D eigenvalue weighted by Crippen LogP contribution is -2.53. The van der Waals surface area contributed by atoms with Gasteiger partial charge in [-0.05, 0) is 36.1 Å². The summed E-state index contributed by atoms with van der Waals surface area (Å²) < 4.78 is 31.8. The normalized spacial score (nSPS) is 15.7. The average Bonchev–Trinajstić information content (AvgIpc) is 2.81. The number of benzene rings is 2. The van der Waals surface area contributed by atoms with Crippen molar-refractivity contribution in [1.29, 1.82) is 0 Å². The Morgan fingerprint density at radius 1 is 1.12 bits per heavy atom. The first-order valence-electron chi connectivity index (χ1n) is 10.7. The highest BCUT2D eigenvalue weighted by Crippen LogP contribution is 2.59. The van der Waals surface area contributed by atoms with Crippen LogP contribution in [0.2, 0.25) is 0 Å². The number of pyridine rings is 1. The van der Waals surface area contributed by atoms with Crippen molar-refractivity contribution in [3.63, 3.8) is 0 Å². The van der Waals surface area contributed by atoms with Gasteiger partial charge in [0.2, 0.25) is 8.03 Å². The second-order valence-electron chi connectivity index (χ2n) is 8.39. The predicted molar refractivity (Wildman–Crippen MR) is 129 cm³/mol. The second-order valence-corrected chi connectivity index (χ2v) is 9.75. The molecular weight excluding hydrogens is 456 g/mol. The van der Waals surface area contributed by atoms with E-state index in [9.17, 15) is 23.7 Å². The zero-order valence-corrected chi connectivity index (χ0v) is 19.9. The van der Waals surface area contributed by atoms with Crippen molar-refractivity contribution in [2.45, 2.75) is 31.0 Å². The lowest BCUT2D eigenvalue weighted by atomic mass is 9.72. The van der Waals surface area contributed by atoms with Gasteiger partial charge in [0.15, 0.2) is 5.16 Å². The number of rotatable bonds is 9. The Labute approximate surface area is 198 Å². The standard InChI is InChI=1S/C26H27FNO5P/c1-4-33-24(29)26(34(31)32,20-10-13-22(27)14-11-20)25(30,16-18(2)3)21-12-15-23(28-17-21)19-8-6-5-7-9-19/h4-15,17-18,30,34H,1,16H2,2-3H3,(H,31,32). The van der Waals surface area contributed by atoms with Crippen LogP contribution in [0.1, 0.15) is 31.4 Å². The van der Waals surface area contributed by atoms with Crippen molar-refractivity contribution in [2.75, 3.05) is 0 Å². The van der Waals surface area contributed by atoms with Crippen molar-refractivity contribution in [3.8, 4) is 11.3 Å². The van der Waals surface area contributed by atoms with Crippen LogP contribution in [0, 0.1) is 11.7 Å². The van der Waals surface area contributed by atoms with E-state index in [0.717, 1.165) is 24.0 Å². The molecule has 3 aromatic rings. The van der Waals surface area contributed by atoms with E-state index in [-0.39, 0.29) is 23.5 Å². The molecule has 6 nitrogen and oxygen atoms in total. The third kappa shape index (κ3) is 4.60. The molecule has 1 aromatic heterocycles. The third-order valence-corrected chi connectivity index (χ3v) is 7.28. The van der Waals surface area contributed by atoms with Gasteiger partial charge in [0.05, 0.1) is 12.0 Å². The summed E-state index contributed by atoms with van der Waals surface area (Å²) in [6, 6.07) is 17.1. The average molecular weight is 483 g/mol. The minimum Gasteiger partial charge on any atom is -0.434 e. The van der Waals surface area contributed by atoms with Gasteiger partial charge < -0.3 is 14.7 Å². The summed E-state index contributed by atoms with van der Waals surface area (Å²) in [5.74, 6) is -1.99. The number of nitrogens with zero attached hydrogens (tertiary/aromatic N) is 1. The predicted octanol–water partition coefficient (Wildman–Crippen LogP) is 5.17. The summed E-state index contributed by atoms with van der Waals surface area (Å²) in [5.41, 5.74) is -0.658. The molecule has 0 spiro atoms. The van der Waals surface area contributed by atoms with Crippen LogP contribution in [-0.2, 0) is 24.9 Å². The first-order valence-corrected chi connectivity index (χ1v) is 12.1. The molecule has 2 aromatic carbocycles. The fourth-order valence-corrected chi connectivity index (χ4v) is 5.52. The Balaban J connectivity index is 2.30. The molecule has 3 atom stereocenters. The van der Waals surface area contributed by atoms with Gasteiger partial charge >= 0.3 is 5.97 Å². The van der Waals surface area contributed by atoms with Crippen molar-refractivity contribution >= 4 is 14.0 Å². The van der Waals surface area contributed by atoms with Crippen LogP contribution in [0.25, 0.3) is 11.3 Å². The first-order chi connectivity index (χ1) is 16.2. The molecule has 3 unspecified atom stereocenters. The number of carbonyl (C=O) groups excluding carboxylic acids is 1. The molecule has 0 aliphatic carbocycles. The summed E-state index contributed by atoms with van der Waals surface area (Å²) in [7, 11) is -3.90. The highest BCUT2D eigenvalue weighted by molar-refractivity contribution is 7.41. The van der Waals surface area contributed by atoms with E-state index in [2.05, 4.69) is 11.6 Å². The molecule has 8 heteroatoms. The number of halogens is 1. The van der Waals surface area contributed by atoms with E-state index < -0.39 is 30.6 Å². The maximum Gasteiger partial charge on any atom is 0.334 e. The smallest absolute Gasteiger partial charge is 0.334 e. The van der Waals surface area contributed by atoms with E-state index in [1.807, 2.05) is 30.3 Å². The summed E-state index contributed by atoms with van der Waals surface area (Å²) in [5, 5.41) is 9.77. The van der Waals surface area contributed by atoms with E-state index in [4.69, 9.17) is 4.74 Å². The van der Waals surface area contributed by atoms with Crippen LogP contribution in [0.5, 0.6) is 0 Å². The lowest BCUT2D eigenvalue weighted by molar-refractivity contribution is -0.153. The van der Waals surface area contributed by atoms with E-state index in [0.29, 0.717) is 5.69 Å². The molecule has 0 bridgehead atoms. The summed E-state index contributed by atoms with van der Waals surface area (Å²) in [4.78, 5) is 28.5.